The second-order valence-corrected chi connectivity index (χ2v) is 5.46. The Hall–Kier alpha value is -0.370. The van der Waals surface area contributed by atoms with Gasteiger partial charge in [-0.1, -0.05) is 29.3 Å². The average molecular weight is 300 g/mol. The van der Waals surface area contributed by atoms with Crippen LogP contribution in [0.4, 0.5) is 0 Å². The van der Waals surface area contributed by atoms with Gasteiger partial charge in [-0.15, -0.1) is 0 Å². The van der Waals surface area contributed by atoms with Gasteiger partial charge >= 0.3 is 10.3 Å². The highest BCUT2D eigenvalue weighted by Crippen LogP contribution is 2.31. The summed E-state index contributed by atoms with van der Waals surface area (Å²) in [7, 11) is -4.40. The molecule has 1 aromatic rings. The molecule has 0 saturated carbocycles. The fraction of sp³-hybridized carbons (Fsp3) is 0.333. The van der Waals surface area contributed by atoms with Crippen LogP contribution in [0.25, 0.3) is 0 Å². The number of aliphatic hydroxyl groups excluding tert-OH is 1. The van der Waals surface area contributed by atoms with Gasteiger partial charge < -0.3 is 5.11 Å². The summed E-state index contributed by atoms with van der Waals surface area (Å²) in [6.45, 7) is 1.37. The van der Waals surface area contributed by atoms with Crippen LogP contribution >= 0.6 is 23.2 Å². The van der Waals surface area contributed by atoms with E-state index in [9.17, 15) is 13.5 Å². The first-order valence-electron chi connectivity index (χ1n) is 4.59. The molecule has 96 valence electrons. The Bertz CT molecular complexity index is 485. The fourth-order valence-electron chi connectivity index (χ4n) is 1.34. The number of rotatable bonds is 4. The average Bonchev–Trinajstić information content (AvgIpc) is 2.14. The molecular formula is C9H11Cl2NO4S. The molecule has 0 spiro atoms. The minimum atomic E-state index is -4.40. The van der Waals surface area contributed by atoms with Crippen LogP contribution in [0.2, 0.25) is 10.0 Å². The maximum atomic E-state index is 10.6. The predicted octanol–water partition coefficient (Wildman–Crippen LogP) is 1.81. The maximum Gasteiger partial charge on any atom is 0.333 e. The van der Waals surface area contributed by atoms with Gasteiger partial charge in [0.25, 0.3) is 0 Å². The SMILES string of the molecule is C[C@H](NS(=O)(=O)O)[C@@H](O)c1c(Cl)cccc1Cl. The van der Waals surface area contributed by atoms with Crippen LogP contribution in [0.5, 0.6) is 0 Å². The van der Waals surface area contributed by atoms with Crippen LogP contribution in [0.1, 0.15) is 18.6 Å². The van der Waals surface area contributed by atoms with Gasteiger partial charge in [0.05, 0.1) is 12.1 Å². The number of halogens is 2. The summed E-state index contributed by atoms with van der Waals surface area (Å²) in [5.74, 6) is 0. The summed E-state index contributed by atoms with van der Waals surface area (Å²) in [6.07, 6.45) is -1.27. The summed E-state index contributed by atoms with van der Waals surface area (Å²) in [5, 5.41) is 10.3. The molecule has 0 aliphatic rings. The number of hydrogen-bond donors (Lipinski definition) is 3. The third-order valence-corrected chi connectivity index (χ3v) is 3.43. The van der Waals surface area contributed by atoms with E-state index in [1.165, 1.54) is 19.1 Å². The predicted molar refractivity (Wildman–Crippen MR) is 65.6 cm³/mol. The van der Waals surface area contributed by atoms with E-state index in [4.69, 9.17) is 27.8 Å². The van der Waals surface area contributed by atoms with Gasteiger partial charge in [0.1, 0.15) is 0 Å². The Morgan fingerprint density at radius 3 is 2.18 bits per heavy atom. The molecule has 0 unspecified atom stereocenters. The van der Waals surface area contributed by atoms with E-state index >= 15 is 0 Å². The minimum Gasteiger partial charge on any atom is -0.387 e. The molecule has 0 fully saturated rings. The minimum absolute atomic E-state index is 0.208. The summed E-state index contributed by atoms with van der Waals surface area (Å²) in [5.41, 5.74) is 0.208. The second kappa shape index (κ2) is 5.51. The van der Waals surface area contributed by atoms with Gasteiger partial charge in [-0.2, -0.15) is 13.1 Å². The lowest BCUT2D eigenvalue weighted by molar-refractivity contribution is 0.145. The lowest BCUT2D eigenvalue weighted by atomic mass is 10.0. The Kier molecular flexibility index (Phi) is 4.77. The highest BCUT2D eigenvalue weighted by molar-refractivity contribution is 7.83. The maximum absolute atomic E-state index is 10.6. The van der Waals surface area contributed by atoms with E-state index < -0.39 is 22.4 Å². The molecule has 0 aliphatic heterocycles. The molecule has 1 rings (SSSR count). The molecule has 2 atom stereocenters. The van der Waals surface area contributed by atoms with Crippen LogP contribution in [-0.4, -0.2) is 24.1 Å². The molecule has 17 heavy (non-hydrogen) atoms. The van der Waals surface area contributed by atoms with Crippen LogP contribution < -0.4 is 4.72 Å². The number of nitrogens with one attached hydrogen (secondary N) is 1. The van der Waals surface area contributed by atoms with E-state index in [1.54, 1.807) is 6.07 Å². The third-order valence-electron chi connectivity index (χ3n) is 2.10. The van der Waals surface area contributed by atoms with Crippen molar-refractivity contribution in [3.63, 3.8) is 0 Å². The summed E-state index contributed by atoms with van der Waals surface area (Å²) < 4.78 is 31.7. The van der Waals surface area contributed by atoms with Crippen LogP contribution in [-0.2, 0) is 10.3 Å². The van der Waals surface area contributed by atoms with Gasteiger partial charge in [-0.25, -0.2) is 0 Å². The Morgan fingerprint density at radius 2 is 1.76 bits per heavy atom. The number of aliphatic hydroxyl groups is 1. The van der Waals surface area contributed by atoms with Crippen LogP contribution in [0, 0.1) is 0 Å². The van der Waals surface area contributed by atoms with E-state index in [1.807, 2.05) is 4.72 Å². The van der Waals surface area contributed by atoms with E-state index in [0.29, 0.717) is 0 Å². The zero-order chi connectivity index (χ0) is 13.2. The van der Waals surface area contributed by atoms with Gasteiger partial charge in [0.2, 0.25) is 0 Å². The molecule has 0 aromatic heterocycles. The van der Waals surface area contributed by atoms with Crippen molar-refractivity contribution in [2.75, 3.05) is 0 Å². The fourth-order valence-corrected chi connectivity index (χ4v) is 2.56. The van der Waals surface area contributed by atoms with Crippen molar-refractivity contribution in [2.24, 2.45) is 0 Å². The molecule has 1 aromatic carbocycles. The summed E-state index contributed by atoms with van der Waals surface area (Å²) >= 11 is 11.7. The first kappa shape index (κ1) is 14.7. The van der Waals surface area contributed by atoms with Gasteiger partial charge in [0, 0.05) is 15.6 Å². The number of hydrogen-bond acceptors (Lipinski definition) is 3. The smallest absolute Gasteiger partial charge is 0.333 e. The lowest BCUT2D eigenvalue weighted by Crippen LogP contribution is -2.36. The first-order chi connectivity index (χ1) is 7.72. The van der Waals surface area contributed by atoms with E-state index in [-0.39, 0.29) is 15.6 Å². The lowest BCUT2D eigenvalue weighted by Gasteiger charge is -2.20. The van der Waals surface area contributed by atoms with E-state index in [2.05, 4.69) is 0 Å². The highest BCUT2D eigenvalue weighted by atomic mass is 35.5. The van der Waals surface area contributed by atoms with E-state index in [0.717, 1.165) is 0 Å². The summed E-state index contributed by atoms with van der Waals surface area (Å²) in [6, 6.07) is 3.67. The topological polar surface area (TPSA) is 86.6 Å². The van der Waals surface area contributed by atoms with Crippen molar-refractivity contribution in [2.45, 2.75) is 19.1 Å². The first-order valence-corrected chi connectivity index (χ1v) is 6.78. The number of benzene rings is 1. The Morgan fingerprint density at radius 1 is 1.29 bits per heavy atom. The van der Waals surface area contributed by atoms with Crippen molar-refractivity contribution in [3.05, 3.63) is 33.8 Å². The van der Waals surface area contributed by atoms with Crippen molar-refractivity contribution in [1.82, 2.24) is 4.72 Å². The molecule has 5 nitrogen and oxygen atoms in total. The molecule has 0 bridgehead atoms. The monoisotopic (exact) mass is 299 g/mol. The zero-order valence-corrected chi connectivity index (χ0v) is 11.1. The third kappa shape index (κ3) is 4.09. The van der Waals surface area contributed by atoms with Gasteiger partial charge in [-0.05, 0) is 19.1 Å². The quantitative estimate of drug-likeness (QED) is 0.740. The van der Waals surface area contributed by atoms with Crippen LogP contribution in [0.3, 0.4) is 0 Å². The molecule has 0 saturated heterocycles. The van der Waals surface area contributed by atoms with Gasteiger partial charge in [-0.3, -0.25) is 4.55 Å². The molecule has 8 heteroatoms. The molecule has 0 radical (unpaired) electrons. The zero-order valence-electron chi connectivity index (χ0n) is 8.76. The normalized spacial score (nSPS) is 15.6. The standard InChI is InChI=1S/C9H11Cl2NO4S/c1-5(12-17(14,15)16)9(13)8-6(10)3-2-4-7(8)11/h2-5,9,12-13H,1H3,(H,14,15,16)/t5-,9+/m0/s1. The largest absolute Gasteiger partial charge is 0.387 e. The highest BCUT2D eigenvalue weighted by Gasteiger charge is 2.24. The van der Waals surface area contributed by atoms with Crippen molar-refractivity contribution in [3.8, 4) is 0 Å². The van der Waals surface area contributed by atoms with Crippen molar-refractivity contribution < 1.29 is 18.1 Å². The van der Waals surface area contributed by atoms with Crippen molar-refractivity contribution in [1.29, 1.82) is 0 Å². The molecule has 0 heterocycles. The Balaban J connectivity index is 3.00. The molecule has 3 N–H and O–H groups in total. The molecule has 0 aliphatic carbocycles. The summed E-state index contributed by atoms with van der Waals surface area (Å²) in [4.78, 5) is 0. The van der Waals surface area contributed by atoms with Gasteiger partial charge in [0.15, 0.2) is 0 Å². The molecule has 0 amide bonds. The Labute approximate surface area is 109 Å². The van der Waals surface area contributed by atoms with Crippen molar-refractivity contribution >= 4 is 33.5 Å². The van der Waals surface area contributed by atoms with Crippen LogP contribution in [0.15, 0.2) is 18.2 Å². The molecular weight excluding hydrogens is 289 g/mol. The second-order valence-electron chi connectivity index (χ2n) is 3.46.